The minimum atomic E-state index is -0.892. The lowest BCUT2D eigenvalue weighted by molar-refractivity contribution is -0.142. The van der Waals surface area contributed by atoms with Crippen LogP contribution >= 0.6 is 0 Å². The molecule has 3 aliphatic rings. The highest BCUT2D eigenvalue weighted by Gasteiger charge is 2.55. The molecule has 5 rings (SSSR count). The van der Waals surface area contributed by atoms with E-state index in [1.807, 2.05) is 17.0 Å². The van der Waals surface area contributed by atoms with E-state index >= 15 is 0 Å². The quantitative estimate of drug-likeness (QED) is 0.881. The second kappa shape index (κ2) is 6.59. The number of carboxylic acids is 1. The van der Waals surface area contributed by atoms with Crippen LogP contribution in [0.3, 0.4) is 0 Å². The average Bonchev–Trinajstić information content (AvgIpc) is 3.14. The van der Waals surface area contributed by atoms with Crippen molar-refractivity contribution < 1.29 is 19.4 Å². The van der Waals surface area contributed by atoms with Gasteiger partial charge in [0.2, 0.25) is 0 Å². The van der Waals surface area contributed by atoms with Crippen LogP contribution in [0.25, 0.3) is 10.8 Å². The van der Waals surface area contributed by atoms with Crippen molar-refractivity contribution in [3.05, 3.63) is 47.5 Å². The van der Waals surface area contributed by atoms with Gasteiger partial charge in [-0.15, -0.1) is 0 Å². The molecule has 5 nitrogen and oxygen atoms in total. The minimum absolute atomic E-state index is 0.185. The maximum absolute atomic E-state index is 12.6. The number of fused-ring (bicyclic) bond motifs is 1. The average molecular weight is 379 g/mol. The Labute approximate surface area is 164 Å². The molecule has 2 aromatic carbocycles. The Bertz CT molecular complexity index is 939. The van der Waals surface area contributed by atoms with E-state index in [2.05, 4.69) is 12.1 Å². The smallest absolute Gasteiger partial charge is 0.335 e. The van der Waals surface area contributed by atoms with Crippen molar-refractivity contribution in [3.8, 4) is 0 Å². The molecule has 2 atom stereocenters. The second-order valence-electron chi connectivity index (χ2n) is 8.57. The molecule has 146 valence electrons. The molecule has 28 heavy (non-hydrogen) atoms. The van der Waals surface area contributed by atoms with Gasteiger partial charge in [0.25, 0.3) is 5.91 Å². The molecule has 0 unspecified atom stereocenters. The van der Waals surface area contributed by atoms with Gasteiger partial charge in [-0.3, -0.25) is 4.79 Å². The molecule has 1 N–H and O–H groups in total. The summed E-state index contributed by atoms with van der Waals surface area (Å²) in [4.78, 5) is 25.7. The fourth-order valence-electron chi connectivity index (χ4n) is 5.13. The molecule has 0 radical (unpaired) electrons. The van der Waals surface area contributed by atoms with E-state index in [0.717, 1.165) is 49.5 Å². The third kappa shape index (κ3) is 2.98. The molecule has 1 aliphatic carbocycles. The van der Waals surface area contributed by atoms with Crippen LogP contribution in [0.2, 0.25) is 0 Å². The highest BCUT2D eigenvalue weighted by molar-refractivity contribution is 5.94. The van der Waals surface area contributed by atoms with Crippen molar-refractivity contribution in [2.75, 3.05) is 19.7 Å². The van der Waals surface area contributed by atoms with Crippen molar-refractivity contribution in [3.63, 3.8) is 0 Å². The monoisotopic (exact) mass is 379 g/mol. The van der Waals surface area contributed by atoms with Gasteiger partial charge in [0.05, 0.1) is 5.56 Å². The van der Waals surface area contributed by atoms with Gasteiger partial charge in [0.1, 0.15) is 6.10 Å². The van der Waals surface area contributed by atoms with Crippen LogP contribution in [0, 0.1) is 5.41 Å². The van der Waals surface area contributed by atoms with Gasteiger partial charge in [-0.05, 0) is 71.9 Å². The van der Waals surface area contributed by atoms with Crippen LogP contribution in [-0.4, -0.2) is 47.7 Å². The summed E-state index contributed by atoms with van der Waals surface area (Å²) in [6.07, 6.45) is 4.96. The first-order valence-corrected chi connectivity index (χ1v) is 10.2. The first kappa shape index (κ1) is 17.7. The third-order valence-corrected chi connectivity index (χ3v) is 6.98. The Balaban J connectivity index is 1.27. The lowest BCUT2D eigenvalue weighted by Gasteiger charge is -2.34. The molecule has 1 saturated carbocycles. The lowest BCUT2D eigenvalue weighted by Crippen LogP contribution is -2.44. The summed E-state index contributed by atoms with van der Waals surface area (Å²) in [6, 6.07) is 11.7. The zero-order valence-corrected chi connectivity index (χ0v) is 15.9. The number of piperidine rings is 1. The number of hydrogen-bond acceptors (Lipinski definition) is 3. The predicted octanol–water partition coefficient (Wildman–Crippen LogP) is 3.81. The SMILES string of the molecule is O=C(O)c1ccc2cc([C@@H]3CC34CCN(C(=O)[C@H]3CCCO3)CC4)ccc2c1. The number of carbonyl (C=O) groups excluding carboxylic acids is 1. The van der Waals surface area contributed by atoms with E-state index in [1.54, 1.807) is 12.1 Å². The van der Waals surface area contributed by atoms with Crippen LogP contribution in [-0.2, 0) is 9.53 Å². The van der Waals surface area contributed by atoms with Crippen molar-refractivity contribution in [1.29, 1.82) is 0 Å². The molecule has 2 heterocycles. The van der Waals surface area contributed by atoms with Crippen LogP contribution in [0.15, 0.2) is 36.4 Å². The normalized spacial score (nSPS) is 25.9. The lowest BCUT2D eigenvalue weighted by atomic mass is 9.88. The van der Waals surface area contributed by atoms with Crippen LogP contribution in [0.4, 0.5) is 0 Å². The zero-order valence-electron chi connectivity index (χ0n) is 15.9. The second-order valence-corrected chi connectivity index (χ2v) is 8.57. The fraction of sp³-hybridized carbons (Fsp3) is 0.478. The fourth-order valence-corrected chi connectivity index (χ4v) is 5.13. The van der Waals surface area contributed by atoms with Crippen LogP contribution < -0.4 is 0 Å². The van der Waals surface area contributed by atoms with Crippen LogP contribution in [0.1, 0.15) is 53.9 Å². The number of hydrogen-bond donors (Lipinski definition) is 1. The maximum Gasteiger partial charge on any atom is 0.335 e. The van der Waals surface area contributed by atoms with E-state index < -0.39 is 5.97 Å². The van der Waals surface area contributed by atoms with Gasteiger partial charge in [-0.2, -0.15) is 0 Å². The van der Waals surface area contributed by atoms with Gasteiger partial charge in [0, 0.05) is 19.7 Å². The van der Waals surface area contributed by atoms with Crippen molar-refractivity contribution in [2.24, 2.45) is 5.41 Å². The molecule has 1 spiro atoms. The number of nitrogens with zero attached hydrogens (tertiary/aromatic N) is 1. The molecule has 0 bridgehead atoms. The summed E-state index contributed by atoms with van der Waals surface area (Å²) in [5, 5.41) is 11.2. The summed E-state index contributed by atoms with van der Waals surface area (Å²) in [5.74, 6) is -0.156. The first-order valence-electron chi connectivity index (χ1n) is 10.2. The molecule has 5 heteroatoms. The Morgan fingerprint density at radius 2 is 1.82 bits per heavy atom. The summed E-state index contributed by atoms with van der Waals surface area (Å²) in [6.45, 7) is 2.39. The van der Waals surface area contributed by atoms with E-state index in [0.29, 0.717) is 23.5 Å². The Kier molecular flexibility index (Phi) is 4.16. The number of rotatable bonds is 3. The molecule has 1 amide bonds. The molecular weight excluding hydrogens is 354 g/mol. The van der Waals surface area contributed by atoms with Crippen LogP contribution in [0.5, 0.6) is 0 Å². The van der Waals surface area contributed by atoms with Gasteiger partial charge in [-0.25, -0.2) is 4.79 Å². The molecule has 2 aromatic rings. The topological polar surface area (TPSA) is 66.8 Å². The highest BCUT2D eigenvalue weighted by Crippen LogP contribution is 2.65. The zero-order chi connectivity index (χ0) is 19.3. The molecule has 0 aromatic heterocycles. The minimum Gasteiger partial charge on any atom is -0.478 e. The van der Waals surface area contributed by atoms with E-state index in [1.165, 1.54) is 12.0 Å². The number of ether oxygens (including phenoxy) is 1. The van der Waals surface area contributed by atoms with Gasteiger partial charge < -0.3 is 14.7 Å². The van der Waals surface area contributed by atoms with Gasteiger partial charge in [-0.1, -0.05) is 24.3 Å². The van der Waals surface area contributed by atoms with Crippen molar-refractivity contribution >= 4 is 22.6 Å². The third-order valence-electron chi connectivity index (χ3n) is 6.98. The Hall–Kier alpha value is -2.40. The van der Waals surface area contributed by atoms with E-state index in [-0.39, 0.29) is 12.0 Å². The summed E-state index contributed by atoms with van der Waals surface area (Å²) in [5.41, 5.74) is 2.00. The number of likely N-dealkylation sites (tertiary alicyclic amines) is 1. The number of amides is 1. The Morgan fingerprint density at radius 3 is 2.54 bits per heavy atom. The summed E-state index contributed by atoms with van der Waals surface area (Å²) in [7, 11) is 0. The molecular formula is C23H25NO4. The number of aromatic carboxylic acids is 1. The summed E-state index contributed by atoms with van der Waals surface area (Å²) >= 11 is 0. The standard InChI is InChI=1S/C23H25NO4/c25-21(20-2-1-11-28-20)24-9-7-23(8-10-24)14-19(23)17-5-3-16-13-18(22(26)27)6-4-15(16)12-17/h3-6,12-13,19-20H,1-2,7-11,14H2,(H,26,27)/t19-,20+/m0/s1. The largest absolute Gasteiger partial charge is 0.478 e. The van der Waals surface area contributed by atoms with Gasteiger partial charge in [0.15, 0.2) is 0 Å². The predicted molar refractivity (Wildman–Crippen MR) is 105 cm³/mol. The maximum atomic E-state index is 12.6. The number of carboxylic acid groups (broad SMARTS) is 1. The number of benzene rings is 2. The molecule has 2 saturated heterocycles. The Morgan fingerprint density at radius 1 is 1.07 bits per heavy atom. The first-order chi connectivity index (χ1) is 13.6. The van der Waals surface area contributed by atoms with Gasteiger partial charge >= 0.3 is 5.97 Å². The van der Waals surface area contributed by atoms with E-state index in [9.17, 15) is 9.59 Å². The van der Waals surface area contributed by atoms with E-state index in [4.69, 9.17) is 9.84 Å². The number of carbonyl (C=O) groups is 2. The molecule has 3 fully saturated rings. The van der Waals surface area contributed by atoms with Crippen molar-refractivity contribution in [1.82, 2.24) is 4.90 Å². The van der Waals surface area contributed by atoms with Crippen molar-refractivity contribution in [2.45, 2.75) is 44.1 Å². The molecule has 2 aliphatic heterocycles. The summed E-state index contributed by atoms with van der Waals surface area (Å²) < 4.78 is 5.56. The highest BCUT2D eigenvalue weighted by atomic mass is 16.5.